The summed E-state index contributed by atoms with van der Waals surface area (Å²) in [6, 6.07) is 6.69. The average molecular weight is 277 g/mol. The Bertz CT molecular complexity index is 640. The molecule has 2 N–H and O–H groups in total. The van der Waals surface area contributed by atoms with Crippen molar-refractivity contribution >= 4 is 34.2 Å². The molecule has 3 rings (SSSR count). The number of halogens is 1. The molecule has 4 nitrogen and oxygen atoms in total. The summed E-state index contributed by atoms with van der Waals surface area (Å²) in [4.78, 5) is 15.5. The van der Waals surface area contributed by atoms with Gasteiger partial charge in [0.2, 0.25) is 0 Å². The second-order valence-corrected chi connectivity index (χ2v) is 5.25. The topological polar surface area (TPSA) is 62.2 Å². The zero-order chi connectivity index (χ0) is 13.4. The Morgan fingerprint density at radius 2 is 2.21 bits per heavy atom. The Hall–Kier alpha value is -1.81. The van der Waals surface area contributed by atoms with E-state index in [4.69, 9.17) is 11.6 Å². The molecule has 0 aliphatic heterocycles. The molecule has 0 spiro atoms. The molecule has 1 fully saturated rings. The zero-order valence-corrected chi connectivity index (χ0v) is 10.9. The Kier molecular flexibility index (Phi) is 3.03. The molecule has 1 aromatic heterocycles. The summed E-state index contributed by atoms with van der Waals surface area (Å²) in [6.07, 6.45) is 3.60. The number of carbonyl (C=O) groups is 1. The molecule has 1 aliphatic rings. The van der Waals surface area contributed by atoms with Crippen LogP contribution in [0.2, 0.25) is 5.02 Å². The average Bonchev–Trinajstić information content (AvgIpc) is 3.19. The number of nitrogens with zero attached hydrogens (tertiary/aromatic N) is 1. The van der Waals surface area contributed by atoms with E-state index >= 15 is 0 Å². The Morgan fingerprint density at radius 1 is 1.42 bits per heavy atom. The Morgan fingerprint density at radius 3 is 2.89 bits per heavy atom. The van der Waals surface area contributed by atoms with E-state index in [2.05, 4.69) is 10.3 Å². The number of fused-ring (bicyclic) bond motifs is 1. The number of aromatic nitrogens is 1. The lowest BCUT2D eigenvalue weighted by molar-refractivity contribution is -0.138. The van der Waals surface area contributed by atoms with Crippen molar-refractivity contribution < 1.29 is 9.90 Å². The molecular formula is C14H13ClN2O2. The van der Waals surface area contributed by atoms with E-state index in [1.807, 2.05) is 6.07 Å². The van der Waals surface area contributed by atoms with Crippen LogP contribution in [0.3, 0.4) is 0 Å². The minimum atomic E-state index is -0.804. The van der Waals surface area contributed by atoms with E-state index < -0.39 is 12.0 Å². The van der Waals surface area contributed by atoms with Gasteiger partial charge in [-0.05, 0) is 43.0 Å². The molecule has 1 aliphatic carbocycles. The third kappa shape index (κ3) is 2.49. The van der Waals surface area contributed by atoms with E-state index in [0.717, 1.165) is 29.4 Å². The largest absolute Gasteiger partial charge is 0.480 e. The smallest absolute Gasteiger partial charge is 0.326 e. The molecule has 1 atom stereocenters. The lowest BCUT2D eigenvalue weighted by atomic mass is 10.1. The van der Waals surface area contributed by atoms with Crippen LogP contribution in [0, 0.1) is 5.92 Å². The van der Waals surface area contributed by atoms with Gasteiger partial charge in [-0.15, -0.1) is 0 Å². The first kappa shape index (κ1) is 12.2. The molecule has 1 unspecified atom stereocenters. The van der Waals surface area contributed by atoms with Crippen LogP contribution in [0.25, 0.3) is 10.9 Å². The van der Waals surface area contributed by atoms with Crippen LogP contribution in [0.4, 0.5) is 5.69 Å². The van der Waals surface area contributed by atoms with Gasteiger partial charge in [0.15, 0.2) is 0 Å². The molecule has 1 saturated carbocycles. The SMILES string of the molecule is O=C(O)C(Nc1ccnc2cc(Cl)ccc12)C1CC1. The van der Waals surface area contributed by atoms with Gasteiger partial charge in [-0.1, -0.05) is 11.6 Å². The predicted octanol–water partition coefficient (Wildman–Crippen LogP) is 3.16. The van der Waals surface area contributed by atoms with Crippen molar-refractivity contribution in [2.75, 3.05) is 5.32 Å². The number of hydrogen-bond acceptors (Lipinski definition) is 3. The van der Waals surface area contributed by atoms with Crippen molar-refractivity contribution in [3.05, 3.63) is 35.5 Å². The number of anilines is 1. The molecule has 19 heavy (non-hydrogen) atoms. The summed E-state index contributed by atoms with van der Waals surface area (Å²) in [6.45, 7) is 0. The zero-order valence-electron chi connectivity index (χ0n) is 10.1. The van der Waals surface area contributed by atoms with E-state index in [0.29, 0.717) is 5.02 Å². The maximum Gasteiger partial charge on any atom is 0.326 e. The fourth-order valence-corrected chi connectivity index (χ4v) is 2.39. The molecular weight excluding hydrogens is 264 g/mol. The van der Waals surface area contributed by atoms with E-state index in [1.165, 1.54) is 0 Å². The van der Waals surface area contributed by atoms with E-state index in [1.54, 1.807) is 24.4 Å². The Labute approximate surface area is 115 Å². The number of carboxylic acids is 1. The molecule has 1 aromatic carbocycles. The summed E-state index contributed by atoms with van der Waals surface area (Å²) in [7, 11) is 0. The van der Waals surface area contributed by atoms with Gasteiger partial charge < -0.3 is 10.4 Å². The fraction of sp³-hybridized carbons (Fsp3) is 0.286. The number of nitrogens with one attached hydrogen (secondary N) is 1. The van der Waals surface area contributed by atoms with Crippen LogP contribution in [-0.2, 0) is 4.79 Å². The normalized spacial score (nSPS) is 16.3. The minimum Gasteiger partial charge on any atom is -0.480 e. The van der Waals surface area contributed by atoms with Crippen LogP contribution >= 0.6 is 11.6 Å². The van der Waals surface area contributed by atoms with Crippen LogP contribution in [-0.4, -0.2) is 22.1 Å². The number of pyridine rings is 1. The van der Waals surface area contributed by atoms with Gasteiger partial charge in [0.1, 0.15) is 6.04 Å². The third-order valence-corrected chi connectivity index (χ3v) is 3.61. The van der Waals surface area contributed by atoms with Gasteiger partial charge in [0, 0.05) is 22.3 Å². The second kappa shape index (κ2) is 4.70. The number of benzene rings is 1. The van der Waals surface area contributed by atoms with Crippen molar-refractivity contribution in [1.29, 1.82) is 0 Å². The summed E-state index contributed by atoms with van der Waals surface area (Å²) in [5.74, 6) is -0.575. The number of aliphatic carboxylic acids is 1. The summed E-state index contributed by atoms with van der Waals surface area (Å²) in [5, 5.41) is 13.9. The predicted molar refractivity (Wildman–Crippen MR) is 74.5 cm³/mol. The van der Waals surface area contributed by atoms with Crippen LogP contribution < -0.4 is 5.32 Å². The van der Waals surface area contributed by atoms with Gasteiger partial charge in [-0.3, -0.25) is 4.98 Å². The van der Waals surface area contributed by atoms with Gasteiger partial charge in [0.25, 0.3) is 0 Å². The lowest BCUT2D eigenvalue weighted by Crippen LogP contribution is -2.31. The van der Waals surface area contributed by atoms with Crippen LogP contribution in [0.1, 0.15) is 12.8 Å². The van der Waals surface area contributed by atoms with Gasteiger partial charge >= 0.3 is 5.97 Å². The van der Waals surface area contributed by atoms with Crippen molar-refractivity contribution in [1.82, 2.24) is 4.98 Å². The first-order valence-electron chi connectivity index (χ1n) is 6.19. The Balaban J connectivity index is 1.98. The van der Waals surface area contributed by atoms with Crippen LogP contribution in [0.5, 0.6) is 0 Å². The first-order chi connectivity index (χ1) is 9.15. The molecule has 0 saturated heterocycles. The van der Waals surface area contributed by atoms with Crippen molar-refractivity contribution in [2.45, 2.75) is 18.9 Å². The third-order valence-electron chi connectivity index (χ3n) is 3.38. The minimum absolute atomic E-state index is 0.230. The molecule has 5 heteroatoms. The fourth-order valence-electron chi connectivity index (χ4n) is 2.23. The summed E-state index contributed by atoms with van der Waals surface area (Å²) < 4.78 is 0. The highest BCUT2D eigenvalue weighted by atomic mass is 35.5. The highest BCUT2D eigenvalue weighted by molar-refractivity contribution is 6.31. The standard InChI is InChI=1S/C14H13ClN2O2/c15-9-3-4-10-11(5-6-16-12(10)7-9)17-13(14(18)19)8-1-2-8/h3-8,13H,1-2H2,(H,16,17)(H,18,19). The summed E-state index contributed by atoms with van der Waals surface area (Å²) >= 11 is 5.93. The van der Waals surface area contributed by atoms with Crippen molar-refractivity contribution in [3.63, 3.8) is 0 Å². The summed E-state index contributed by atoms with van der Waals surface area (Å²) in [5.41, 5.74) is 1.55. The molecule has 0 radical (unpaired) electrons. The highest BCUT2D eigenvalue weighted by Crippen LogP contribution is 2.35. The molecule has 98 valence electrons. The lowest BCUT2D eigenvalue weighted by Gasteiger charge is -2.16. The first-order valence-corrected chi connectivity index (χ1v) is 6.56. The van der Waals surface area contributed by atoms with E-state index in [-0.39, 0.29) is 5.92 Å². The maximum atomic E-state index is 11.3. The van der Waals surface area contributed by atoms with Gasteiger partial charge in [-0.25, -0.2) is 4.79 Å². The second-order valence-electron chi connectivity index (χ2n) is 4.82. The number of hydrogen-bond donors (Lipinski definition) is 2. The quantitative estimate of drug-likeness (QED) is 0.900. The van der Waals surface area contributed by atoms with Crippen LogP contribution in [0.15, 0.2) is 30.5 Å². The monoisotopic (exact) mass is 276 g/mol. The van der Waals surface area contributed by atoms with Crippen molar-refractivity contribution in [2.24, 2.45) is 5.92 Å². The molecule has 1 heterocycles. The molecule has 2 aromatic rings. The molecule has 0 bridgehead atoms. The number of carboxylic acid groups (broad SMARTS) is 1. The number of rotatable bonds is 4. The highest BCUT2D eigenvalue weighted by Gasteiger charge is 2.36. The maximum absolute atomic E-state index is 11.3. The van der Waals surface area contributed by atoms with Crippen molar-refractivity contribution in [3.8, 4) is 0 Å². The van der Waals surface area contributed by atoms with Gasteiger partial charge in [-0.2, -0.15) is 0 Å². The molecule has 0 amide bonds. The van der Waals surface area contributed by atoms with Gasteiger partial charge in [0.05, 0.1) is 5.52 Å². The van der Waals surface area contributed by atoms with E-state index in [9.17, 15) is 9.90 Å².